The van der Waals surface area contributed by atoms with Crippen LogP contribution in [0.4, 0.5) is 0 Å². The van der Waals surface area contributed by atoms with E-state index in [1.807, 2.05) is 73.3 Å². The van der Waals surface area contributed by atoms with Gasteiger partial charge >= 0.3 is 0 Å². The summed E-state index contributed by atoms with van der Waals surface area (Å²) < 4.78 is 10.8. The maximum absolute atomic E-state index is 12.8. The van der Waals surface area contributed by atoms with E-state index in [1.165, 1.54) is 11.8 Å². The maximum Gasteiger partial charge on any atom is 0.233 e. The van der Waals surface area contributed by atoms with Crippen LogP contribution in [0.25, 0.3) is 11.3 Å². The lowest BCUT2D eigenvalue weighted by Crippen LogP contribution is -2.31. The Kier molecular flexibility index (Phi) is 6.18. The molecule has 2 aromatic carbocycles. The van der Waals surface area contributed by atoms with Gasteiger partial charge in [-0.2, -0.15) is 0 Å². The van der Waals surface area contributed by atoms with Crippen molar-refractivity contribution in [3.8, 4) is 22.8 Å². The predicted octanol–water partition coefficient (Wildman–Crippen LogP) is 4.32. The number of fused-ring (bicyclic) bond motifs is 1. The van der Waals surface area contributed by atoms with Crippen LogP contribution in [0.1, 0.15) is 18.2 Å². The number of aromatic nitrogens is 2. The number of hydrogen-bond acceptors (Lipinski definition) is 6. The first-order chi connectivity index (χ1) is 14.6. The number of ether oxygens (including phenoxy) is 2. The average molecular weight is 422 g/mol. The fourth-order valence-corrected chi connectivity index (χ4v) is 4.02. The van der Waals surface area contributed by atoms with Crippen molar-refractivity contribution in [3.63, 3.8) is 0 Å². The molecule has 0 bridgehead atoms. The molecule has 154 valence electrons. The Bertz CT molecular complexity index is 1040. The molecule has 0 aliphatic carbocycles. The first kappa shape index (κ1) is 20.2. The zero-order valence-electron chi connectivity index (χ0n) is 17.0. The molecule has 6 nitrogen and oxygen atoms in total. The summed E-state index contributed by atoms with van der Waals surface area (Å²) in [5.41, 5.74) is 3.80. The summed E-state index contributed by atoms with van der Waals surface area (Å²) >= 11 is 1.37. The van der Waals surface area contributed by atoms with Crippen LogP contribution in [0.5, 0.6) is 11.5 Å². The molecular formula is C23H23N3O3S. The van der Waals surface area contributed by atoms with Crippen LogP contribution in [0.15, 0.2) is 59.8 Å². The number of carbonyl (C=O) groups excluding carboxylic acids is 1. The largest absolute Gasteiger partial charge is 0.454 e. The van der Waals surface area contributed by atoms with Crippen molar-refractivity contribution in [1.29, 1.82) is 0 Å². The van der Waals surface area contributed by atoms with Gasteiger partial charge in [-0.1, -0.05) is 48.2 Å². The molecule has 3 aromatic rings. The lowest BCUT2D eigenvalue weighted by molar-refractivity contribution is -0.128. The number of amides is 1. The number of thioether (sulfide) groups is 1. The van der Waals surface area contributed by atoms with Crippen molar-refractivity contribution >= 4 is 17.7 Å². The van der Waals surface area contributed by atoms with Gasteiger partial charge in [0.25, 0.3) is 0 Å². The first-order valence-corrected chi connectivity index (χ1v) is 10.8. The summed E-state index contributed by atoms with van der Waals surface area (Å²) in [6.45, 7) is 5.31. The Labute approximate surface area is 180 Å². The van der Waals surface area contributed by atoms with Gasteiger partial charge in [0.1, 0.15) is 0 Å². The second-order valence-corrected chi connectivity index (χ2v) is 7.87. The van der Waals surface area contributed by atoms with Crippen LogP contribution in [0, 0.1) is 6.92 Å². The van der Waals surface area contributed by atoms with Gasteiger partial charge in [-0.05, 0) is 37.6 Å². The molecule has 0 fully saturated rings. The van der Waals surface area contributed by atoms with E-state index in [4.69, 9.17) is 9.47 Å². The second-order valence-electron chi connectivity index (χ2n) is 6.93. The third-order valence-electron chi connectivity index (χ3n) is 4.77. The monoisotopic (exact) mass is 421 g/mol. The molecule has 0 saturated heterocycles. The third kappa shape index (κ3) is 4.74. The smallest absolute Gasteiger partial charge is 0.233 e. The van der Waals surface area contributed by atoms with Gasteiger partial charge in [-0.15, -0.1) is 0 Å². The van der Waals surface area contributed by atoms with E-state index in [-0.39, 0.29) is 18.5 Å². The van der Waals surface area contributed by atoms with Crippen LogP contribution in [-0.2, 0) is 11.3 Å². The van der Waals surface area contributed by atoms with Crippen molar-refractivity contribution in [3.05, 3.63) is 65.9 Å². The van der Waals surface area contributed by atoms with Crippen molar-refractivity contribution in [1.82, 2.24) is 14.9 Å². The Morgan fingerprint density at radius 1 is 1.07 bits per heavy atom. The van der Waals surface area contributed by atoms with Gasteiger partial charge in [0.15, 0.2) is 16.7 Å². The summed E-state index contributed by atoms with van der Waals surface area (Å²) in [5.74, 6) is 1.81. The highest BCUT2D eigenvalue weighted by Gasteiger charge is 2.17. The van der Waals surface area contributed by atoms with E-state index in [0.29, 0.717) is 18.2 Å². The number of carbonyl (C=O) groups is 1. The Morgan fingerprint density at radius 2 is 1.87 bits per heavy atom. The number of rotatable bonds is 7. The fourth-order valence-electron chi connectivity index (χ4n) is 3.22. The number of hydrogen-bond donors (Lipinski definition) is 0. The SMILES string of the molecule is CCN(Cc1ccc2c(c1)OCO2)C(=O)CSc1nc(C)cc(-c2ccccc2)n1. The van der Waals surface area contributed by atoms with Crippen LogP contribution in [-0.4, -0.2) is 39.9 Å². The molecular weight excluding hydrogens is 398 g/mol. The van der Waals surface area contributed by atoms with Gasteiger partial charge in [-0.3, -0.25) is 4.79 Å². The minimum Gasteiger partial charge on any atom is -0.454 e. The highest BCUT2D eigenvalue weighted by Crippen LogP contribution is 2.33. The van der Waals surface area contributed by atoms with E-state index in [1.54, 1.807) is 0 Å². The third-order valence-corrected chi connectivity index (χ3v) is 5.60. The standard InChI is InChI=1S/C23H23N3O3S/c1-3-26(13-17-9-10-20-21(12-17)29-15-28-20)22(27)14-30-23-24-16(2)11-19(25-23)18-7-5-4-6-8-18/h4-12H,3,13-15H2,1-2H3. The van der Waals surface area contributed by atoms with Gasteiger partial charge in [0.2, 0.25) is 12.7 Å². The van der Waals surface area contributed by atoms with Gasteiger partial charge < -0.3 is 14.4 Å². The van der Waals surface area contributed by atoms with E-state index >= 15 is 0 Å². The molecule has 30 heavy (non-hydrogen) atoms. The van der Waals surface area contributed by atoms with Gasteiger partial charge in [0.05, 0.1) is 11.4 Å². The fraction of sp³-hybridized carbons (Fsp3) is 0.261. The quantitative estimate of drug-likeness (QED) is 0.418. The predicted molar refractivity (Wildman–Crippen MR) is 117 cm³/mol. The summed E-state index contributed by atoms with van der Waals surface area (Å²) in [4.78, 5) is 23.8. The van der Waals surface area contributed by atoms with Crippen molar-refractivity contribution < 1.29 is 14.3 Å². The average Bonchev–Trinajstić information content (AvgIpc) is 3.24. The zero-order chi connectivity index (χ0) is 20.9. The molecule has 1 aliphatic rings. The summed E-state index contributed by atoms with van der Waals surface area (Å²) in [7, 11) is 0. The highest BCUT2D eigenvalue weighted by atomic mass is 32.2. The molecule has 1 amide bonds. The Morgan fingerprint density at radius 3 is 2.67 bits per heavy atom. The topological polar surface area (TPSA) is 64.6 Å². The summed E-state index contributed by atoms with van der Waals surface area (Å²) in [6.07, 6.45) is 0. The molecule has 1 aliphatic heterocycles. The minimum absolute atomic E-state index is 0.0477. The van der Waals surface area contributed by atoms with E-state index in [0.717, 1.165) is 34.0 Å². The maximum atomic E-state index is 12.8. The normalized spacial score (nSPS) is 12.1. The van der Waals surface area contributed by atoms with E-state index in [9.17, 15) is 4.79 Å². The molecule has 4 rings (SSSR count). The van der Waals surface area contributed by atoms with Gasteiger partial charge in [0, 0.05) is 24.3 Å². The Balaban J connectivity index is 1.41. The zero-order valence-corrected chi connectivity index (χ0v) is 17.8. The number of aryl methyl sites for hydroxylation is 1. The molecule has 0 atom stereocenters. The van der Waals surface area contributed by atoms with Crippen LogP contribution >= 0.6 is 11.8 Å². The molecule has 1 aromatic heterocycles. The van der Waals surface area contributed by atoms with Crippen molar-refractivity contribution in [2.45, 2.75) is 25.5 Å². The van der Waals surface area contributed by atoms with Crippen LogP contribution in [0.2, 0.25) is 0 Å². The Hall–Kier alpha value is -3.06. The minimum atomic E-state index is 0.0477. The lowest BCUT2D eigenvalue weighted by Gasteiger charge is -2.21. The molecule has 0 saturated carbocycles. The molecule has 7 heteroatoms. The molecule has 0 spiro atoms. The van der Waals surface area contributed by atoms with E-state index in [2.05, 4.69) is 9.97 Å². The molecule has 0 radical (unpaired) electrons. The summed E-state index contributed by atoms with van der Waals surface area (Å²) in [6, 6.07) is 17.7. The highest BCUT2D eigenvalue weighted by molar-refractivity contribution is 7.99. The number of nitrogens with zero attached hydrogens (tertiary/aromatic N) is 3. The first-order valence-electron chi connectivity index (χ1n) is 9.82. The second kappa shape index (κ2) is 9.17. The summed E-state index contributed by atoms with van der Waals surface area (Å²) in [5, 5.41) is 0.612. The van der Waals surface area contributed by atoms with Crippen molar-refractivity contribution in [2.24, 2.45) is 0 Å². The van der Waals surface area contributed by atoms with Gasteiger partial charge in [-0.25, -0.2) is 9.97 Å². The molecule has 0 N–H and O–H groups in total. The molecule has 2 heterocycles. The molecule has 0 unspecified atom stereocenters. The van der Waals surface area contributed by atoms with Crippen molar-refractivity contribution in [2.75, 3.05) is 19.1 Å². The van der Waals surface area contributed by atoms with Crippen LogP contribution in [0.3, 0.4) is 0 Å². The van der Waals surface area contributed by atoms with E-state index < -0.39 is 0 Å². The lowest BCUT2D eigenvalue weighted by atomic mass is 10.1. The van der Waals surface area contributed by atoms with Crippen LogP contribution < -0.4 is 9.47 Å². The number of benzene rings is 2.